The molecule has 1 aromatic carbocycles. The summed E-state index contributed by atoms with van der Waals surface area (Å²) in [5.41, 5.74) is 7.06. The molecule has 2 rings (SSSR count). The van der Waals surface area contributed by atoms with Gasteiger partial charge in [0.15, 0.2) is 0 Å². The molecule has 2 nitrogen and oxygen atoms in total. The molecule has 2 atom stereocenters. The second-order valence-corrected chi connectivity index (χ2v) is 4.95. The van der Waals surface area contributed by atoms with Gasteiger partial charge in [-0.15, -0.1) is 0 Å². The number of alkyl halides is 1. The third kappa shape index (κ3) is 1.85. The highest BCUT2D eigenvalue weighted by Crippen LogP contribution is 2.46. The number of carbonyl (C=O) groups excluding carboxylic acids is 1. The molecule has 1 saturated carbocycles. The second kappa shape index (κ2) is 3.29. The Bertz CT molecular complexity index is 351. The fourth-order valence-electron chi connectivity index (χ4n) is 1.43. The highest BCUT2D eigenvalue weighted by Gasteiger charge is 2.35. The summed E-state index contributed by atoms with van der Waals surface area (Å²) in [5.74, 6) is 0.299. The summed E-state index contributed by atoms with van der Waals surface area (Å²) >= 11 is 2.43. The lowest BCUT2D eigenvalue weighted by Crippen LogP contribution is -2.10. The molecular formula is C10H10INO. The minimum atomic E-state index is -0.340. The van der Waals surface area contributed by atoms with E-state index in [9.17, 15) is 4.79 Å². The lowest BCUT2D eigenvalue weighted by atomic mass is 10.1. The normalized spacial score (nSPS) is 25.6. The first kappa shape index (κ1) is 8.99. The highest BCUT2D eigenvalue weighted by molar-refractivity contribution is 14.1. The summed E-state index contributed by atoms with van der Waals surface area (Å²) < 4.78 is 0.737. The molecule has 0 aromatic heterocycles. The number of primary amides is 1. The molecule has 68 valence electrons. The van der Waals surface area contributed by atoms with Crippen LogP contribution in [0.2, 0.25) is 0 Å². The van der Waals surface area contributed by atoms with Crippen LogP contribution in [-0.4, -0.2) is 9.83 Å². The molecule has 0 radical (unpaired) electrons. The van der Waals surface area contributed by atoms with Crippen molar-refractivity contribution < 1.29 is 4.79 Å². The number of amides is 1. The van der Waals surface area contributed by atoms with E-state index in [2.05, 4.69) is 28.7 Å². The van der Waals surface area contributed by atoms with Gasteiger partial charge in [0.05, 0.1) is 0 Å². The Morgan fingerprint density at radius 1 is 1.54 bits per heavy atom. The molecule has 1 aliphatic rings. The Kier molecular flexibility index (Phi) is 2.27. The monoisotopic (exact) mass is 287 g/mol. The van der Waals surface area contributed by atoms with E-state index in [4.69, 9.17) is 5.73 Å². The van der Waals surface area contributed by atoms with Crippen LogP contribution in [0.15, 0.2) is 24.3 Å². The van der Waals surface area contributed by atoms with Crippen LogP contribution >= 0.6 is 22.6 Å². The Hall–Kier alpha value is -0.580. The van der Waals surface area contributed by atoms with E-state index in [1.807, 2.05) is 12.1 Å². The van der Waals surface area contributed by atoms with Crippen LogP contribution in [0.5, 0.6) is 0 Å². The molecule has 0 spiro atoms. The van der Waals surface area contributed by atoms with E-state index in [1.54, 1.807) is 6.07 Å². The Balaban J connectivity index is 2.28. The Morgan fingerprint density at radius 2 is 2.23 bits per heavy atom. The fourth-order valence-corrected chi connectivity index (χ4v) is 2.39. The first-order valence-corrected chi connectivity index (χ1v) is 5.47. The van der Waals surface area contributed by atoms with Gasteiger partial charge in [0, 0.05) is 9.49 Å². The van der Waals surface area contributed by atoms with Gasteiger partial charge in [0.1, 0.15) is 0 Å². The fraction of sp³-hybridized carbons (Fsp3) is 0.300. The molecule has 1 amide bonds. The zero-order chi connectivity index (χ0) is 9.42. The first-order valence-electron chi connectivity index (χ1n) is 4.22. The Morgan fingerprint density at radius 3 is 2.77 bits per heavy atom. The Labute approximate surface area is 90.6 Å². The van der Waals surface area contributed by atoms with Crippen LogP contribution in [0.4, 0.5) is 0 Å². The molecule has 3 heteroatoms. The number of nitrogens with two attached hydrogens (primary N) is 1. The van der Waals surface area contributed by atoms with Gasteiger partial charge >= 0.3 is 0 Å². The van der Waals surface area contributed by atoms with Crippen LogP contribution < -0.4 is 5.73 Å². The van der Waals surface area contributed by atoms with Crippen LogP contribution in [0.25, 0.3) is 0 Å². The van der Waals surface area contributed by atoms with E-state index in [1.165, 1.54) is 12.0 Å². The number of rotatable bonds is 2. The zero-order valence-electron chi connectivity index (χ0n) is 7.03. The largest absolute Gasteiger partial charge is 0.366 e. The van der Waals surface area contributed by atoms with Gasteiger partial charge in [0.2, 0.25) is 5.91 Å². The van der Waals surface area contributed by atoms with Crippen molar-refractivity contribution in [3.8, 4) is 0 Å². The van der Waals surface area contributed by atoms with Crippen molar-refractivity contribution in [2.75, 3.05) is 0 Å². The molecule has 0 saturated heterocycles. The van der Waals surface area contributed by atoms with Gasteiger partial charge in [-0.3, -0.25) is 4.79 Å². The minimum absolute atomic E-state index is 0.340. The summed E-state index contributed by atoms with van der Waals surface area (Å²) in [6.07, 6.45) is 1.22. The van der Waals surface area contributed by atoms with E-state index in [-0.39, 0.29) is 5.91 Å². The third-order valence-electron chi connectivity index (χ3n) is 2.31. The van der Waals surface area contributed by atoms with Crippen LogP contribution in [-0.2, 0) is 0 Å². The van der Waals surface area contributed by atoms with Crippen molar-refractivity contribution in [3.05, 3.63) is 35.4 Å². The number of halogens is 1. The molecule has 1 aliphatic carbocycles. The number of hydrogen-bond acceptors (Lipinski definition) is 1. The molecule has 1 fully saturated rings. The van der Waals surface area contributed by atoms with E-state index >= 15 is 0 Å². The summed E-state index contributed by atoms with van der Waals surface area (Å²) in [7, 11) is 0. The first-order chi connectivity index (χ1) is 6.18. The van der Waals surface area contributed by atoms with Crippen LogP contribution in [0.3, 0.4) is 0 Å². The van der Waals surface area contributed by atoms with Gasteiger partial charge < -0.3 is 5.73 Å². The molecule has 1 aromatic rings. The van der Waals surface area contributed by atoms with Gasteiger partial charge in [0.25, 0.3) is 0 Å². The lowest BCUT2D eigenvalue weighted by Gasteiger charge is -2.00. The highest BCUT2D eigenvalue weighted by atomic mass is 127. The molecule has 13 heavy (non-hydrogen) atoms. The maximum atomic E-state index is 10.9. The number of benzene rings is 1. The van der Waals surface area contributed by atoms with Crippen LogP contribution in [0, 0.1) is 0 Å². The molecule has 2 N–H and O–H groups in total. The lowest BCUT2D eigenvalue weighted by molar-refractivity contribution is 0.1000. The molecule has 0 aliphatic heterocycles. The average Bonchev–Trinajstić information content (AvgIpc) is 2.83. The van der Waals surface area contributed by atoms with Gasteiger partial charge in [-0.05, 0) is 30.0 Å². The summed E-state index contributed by atoms with van der Waals surface area (Å²) in [6, 6.07) is 7.63. The van der Waals surface area contributed by atoms with Crippen molar-refractivity contribution >= 4 is 28.5 Å². The number of hydrogen-bond donors (Lipinski definition) is 1. The topological polar surface area (TPSA) is 43.1 Å². The maximum Gasteiger partial charge on any atom is 0.248 e. The van der Waals surface area contributed by atoms with E-state index in [0.29, 0.717) is 11.5 Å². The smallest absolute Gasteiger partial charge is 0.248 e. The maximum absolute atomic E-state index is 10.9. The molecule has 2 unspecified atom stereocenters. The SMILES string of the molecule is NC(=O)c1cccc(C2CC2I)c1. The van der Waals surface area contributed by atoms with Crippen molar-refractivity contribution in [3.63, 3.8) is 0 Å². The van der Waals surface area contributed by atoms with Gasteiger partial charge in [-0.25, -0.2) is 0 Å². The van der Waals surface area contributed by atoms with Gasteiger partial charge in [-0.1, -0.05) is 34.7 Å². The number of carbonyl (C=O) groups is 1. The summed E-state index contributed by atoms with van der Waals surface area (Å²) in [5, 5.41) is 0. The second-order valence-electron chi connectivity index (χ2n) is 3.35. The van der Waals surface area contributed by atoms with E-state index < -0.39 is 0 Å². The van der Waals surface area contributed by atoms with Crippen molar-refractivity contribution in [1.82, 2.24) is 0 Å². The van der Waals surface area contributed by atoms with E-state index in [0.717, 1.165) is 3.92 Å². The van der Waals surface area contributed by atoms with Crippen molar-refractivity contribution in [1.29, 1.82) is 0 Å². The van der Waals surface area contributed by atoms with Gasteiger partial charge in [-0.2, -0.15) is 0 Å². The average molecular weight is 287 g/mol. The third-order valence-corrected chi connectivity index (χ3v) is 3.69. The molecular weight excluding hydrogens is 277 g/mol. The van der Waals surface area contributed by atoms with Crippen molar-refractivity contribution in [2.45, 2.75) is 16.3 Å². The molecule has 0 heterocycles. The van der Waals surface area contributed by atoms with Crippen LogP contribution in [0.1, 0.15) is 28.3 Å². The predicted molar refractivity (Wildman–Crippen MR) is 60.1 cm³/mol. The quantitative estimate of drug-likeness (QED) is 0.657. The molecule has 0 bridgehead atoms. The van der Waals surface area contributed by atoms with Crippen molar-refractivity contribution in [2.24, 2.45) is 5.73 Å². The standard InChI is InChI=1S/C10H10INO/c11-9-5-8(9)6-2-1-3-7(4-6)10(12)13/h1-4,8-9H,5H2,(H2,12,13). The minimum Gasteiger partial charge on any atom is -0.366 e. The zero-order valence-corrected chi connectivity index (χ0v) is 9.19. The summed E-state index contributed by atoms with van der Waals surface area (Å²) in [6.45, 7) is 0. The predicted octanol–water partition coefficient (Wildman–Crippen LogP) is 2.08. The summed E-state index contributed by atoms with van der Waals surface area (Å²) in [4.78, 5) is 10.9.